The number of rotatable bonds is 3. The van der Waals surface area contributed by atoms with E-state index in [1.54, 1.807) is 0 Å². The Kier molecular flexibility index (Phi) is 4.18. The lowest BCUT2D eigenvalue weighted by Crippen LogP contribution is -2.27. The van der Waals surface area contributed by atoms with Crippen LogP contribution in [0.2, 0.25) is 0 Å². The molecule has 5 nitrogen and oxygen atoms in total. The van der Waals surface area contributed by atoms with Gasteiger partial charge in [-0.25, -0.2) is 4.79 Å². The maximum absolute atomic E-state index is 11.7. The summed E-state index contributed by atoms with van der Waals surface area (Å²) in [5.74, 6) is 0. The van der Waals surface area contributed by atoms with Crippen molar-refractivity contribution in [1.29, 1.82) is 0 Å². The smallest absolute Gasteiger partial charge is 0.412 e. The SMILES string of the molecule is CC(C)(C)OC(=O)Nc1ccc2c(c1)N(CCO)CC2. The monoisotopic (exact) mass is 278 g/mol. The Hall–Kier alpha value is -1.75. The van der Waals surface area contributed by atoms with Crippen molar-refractivity contribution >= 4 is 17.5 Å². The number of anilines is 2. The van der Waals surface area contributed by atoms with E-state index < -0.39 is 11.7 Å². The van der Waals surface area contributed by atoms with Crippen LogP contribution in [0.15, 0.2) is 18.2 Å². The van der Waals surface area contributed by atoms with Crippen LogP contribution in [-0.2, 0) is 11.2 Å². The standard InChI is InChI=1S/C15H22N2O3/c1-15(2,3)20-14(19)16-12-5-4-11-6-7-17(8-9-18)13(11)10-12/h4-5,10,18H,6-9H2,1-3H3,(H,16,19). The van der Waals surface area contributed by atoms with Crippen molar-refractivity contribution in [1.82, 2.24) is 0 Å². The minimum atomic E-state index is -0.510. The summed E-state index contributed by atoms with van der Waals surface area (Å²) in [7, 11) is 0. The number of ether oxygens (including phenoxy) is 1. The van der Waals surface area contributed by atoms with Crippen molar-refractivity contribution in [3.63, 3.8) is 0 Å². The minimum Gasteiger partial charge on any atom is -0.444 e. The van der Waals surface area contributed by atoms with Gasteiger partial charge in [-0.15, -0.1) is 0 Å². The number of amides is 1. The molecule has 0 unspecified atom stereocenters. The molecule has 0 fully saturated rings. The largest absolute Gasteiger partial charge is 0.444 e. The van der Waals surface area contributed by atoms with Crippen LogP contribution in [-0.4, -0.2) is 36.5 Å². The number of nitrogens with zero attached hydrogens (tertiary/aromatic N) is 1. The Bertz CT molecular complexity index is 492. The van der Waals surface area contributed by atoms with Crippen LogP contribution >= 0.6 is 0 Å². The molecular formula is C15H22N2O3. The maximum Gasteiger partial charge on any atom is 0.412 e. The van der Waals surface area contributed by atoms with Gasteiger partial charge in [-0.3, -0.25) is 5.32 Å². The number of carbonyl (C=O) groups is 1. The van der Waals surface area contributed by atoms with Crippen molar-refractivity contribution < 1.29 is 14.6 Å². The number of aliphatic hydroxyl groups is 1. The van der Waals surface area contributed by atoms with E-state index in [1.165, 1.54) is 5.56 Å². The molecule has 1 aliphatic rings. The second-order valence-corrected chi connectivity index (χ2v) is 5.93. The van der Waals surface area contributed by atoms with E-state index in [0.717, 1.165) is 18.7 Å². The third kappa shape index (κ3) is 3.63. The third-order valence-corrected chi connectivity index (χ3v) is 3.09. The zero-order valence-electron chi connectivity index (χ0n) is 12.3. The molecule has 1 amide bonds. The van der Waals surface area contributed by atoms with E-state index in [1.807, 2.05) is 39.0 Å². The van der Waals surface area contributed by atoms with Gasteiger partial charge < -0.3 is 14.7 Å². The summed E-state index contributed by atoms with van der Waals surface area (Å²) in [5, 5.41) is 11.8. The van der Waals surface area contributed by atoms with Gasteiger partial charge in [0.2, 0.25) is 0 Å². The average Bonchev–Trinajstić information content (AvgIpc) is 2.70. The summed E-state index contributed by atoms with van der Waals surface area (Å²) >= 11 is 0. The molecule has 0 aromatic heterocycles. The summed E-state index contributed by atoms with van der Waals surface area (Å²) in [6.45, 7) is 7.15. The van der Waals surface area contributed by atoms with Crippen molar-refractivity contribution in [2.24, 2.45) is 0 Å². The maximum atomic E-state index is 11.7. The molecule has 2 N–H and O–H groups in total. The zero-order valence-corrected chi connectivity index (χ0v) is 12.3. The minimum absolute atomic E-state index is 0.128. The molecule has 20 heavy (non-hydrogen) atoms. The number of nitrogens with one attached hydrogen (secondary N) is 1. The van der Waals surface area contributed by atoms with Gasteiger partial charge in [0.15, 0.2) is 0 Å². The number of aliphatic hydroxyl groups excluding tert-OH is 1. The molecule has 1 aliphatic heterocycles. The fraction of sp³-hybridized carbons (Fsp3) is 0.533. The predicted octanol–water partition coefficient (Wildman–Crippen LogP) is 2.39. The van der Waals surface area contributed by atoms with Crippen molar-refractivity contribution in [3.8, 4) is 0 Å². The quantitative estimate of drug-likeness (QED) is 0.891. The summed E-state index contributed by atoms with van der Waals surface area (Å²) in [4.78, 5) is 13.9. The van der Waals surface area contributed by atoms with Gasteiger partial charge >= 0.3 is 6.09 Å². The lowest BCUT2D eigenvalue weighted by atomic mass is 10.1. The average molecular weight is 278 g/mol. The number of benzene rings is 1. The van der Waals surface area contributed by atoms with E-state index in [2.05, 4.69) is 10.2 Å². The number of fused-ring (bicyclic) bond motifs is 1. The number of β-amino-alcohol motifs (C(OH)–C–C–N with tert-alkyl or cyclic N) is 1. The van der Waals surface area contributed by atoms with E-state index in [-0.39, 0.29) is 6.61 Å². The number of carbonyl (C=O) groups excluding carboxylic acids is 1. The van der Waals surface area contributed by atoms with Crippen LogP contribution in [0.1, 0.15) is 26.3 Å². The third-order valence-electron chi connectivity index (χ3n) is 3.09. The van der Waals surface area contributed by atoms with Crippen molar-refractivity contribution in [2.45, 2.75) is 32.8 Å². The van der Waals surface area contributed by atoms with E-state index in [9.17, 15) is 4.79 Å². The first-order valence-electron chi connectivity index (χ1n) is 6.88. The molecule has 0 radical (unpaired) electrons. The van der Waals surface area contributed by atoms with Gasteiger partial charge in [0.25, 0.3) is 0 Å². The Labute approximate surface area is 119 Å². The molecule has 0 aliphatic carbocycles. The molecule has 0 saturated carbocycles. The first kappa shape index (κ1) is 14.7. The highest BCUT2D eigenvalue weighted by Crippen LogP contribution is 2.30. The molecule has 0 saturated heterocycles. The van der Waals surface area contributed by atoms with Crippen LogP contribution in [0, 0.1) is 0 Å². The van der Waals surface area contributed by atoms with Crippen molar-refractivity contribution in [2.75, 3.05) is 29.9 Å². The van der Waals surface area contributed by atoms with Gasteiger partial charge in [-0.05, 0) is 44.9 Å². The molecule has 110 valence electrons. The van der Waals surface area contributed by atoms with Gasteiger partial charge in [0, 0.05) is 24.5 Å². The Morgan fingerprint density at radius 1 is 1.45 bits per heavy atom. The molecule has 1 heterocycles. The van der Waals surface area contributed by atoms with Crippen molar-refractivity contribution in [3.05, 3.63) is 23.8 Å². The highest BCUT2D eigenvalue weighted by molar-refractivity contribution is 5.86. The molecule has 1 aromatic rings. The zero-order chi connectivity index (χ0) is 14.8. The fourth-order valence-electron chi connectivity index (χ4n) is 2.30. The number of hydrogen-bond acceptors (Lipinski definition) is 4. The molecule has 0 atom stereocenters. The van der Waals surface area contributed by atoms with Crippen LogP contribution < -0.4 is 10.2 Å². The number of hydrogen-bond donors (Lipinski definition) is 2. The van der Waals surface area contributed by atoms with Gasteiger partial charge in [0.05, 0.1) is 6.61 Å². The van der Waals surface area contributed by atoms with E-state index in [4.69, 9.17) is 9.84 Å². The first-order valence-corrected chi connectivity index (χ1v) is 6.88. The molecular weight excluding hydrogens is 256 g/mol. The van der Waals surface area contributed by atoms with Crippen LogP contribution in [0.4, 0.5) is 16.2 Å². The molecule has 2 rings (SSSR count). The predicted molar refractivity (Wildman–Crippen MR) is 79.3 cm³/mol. The Balaban J connectivity index is 2.07. The van der Waals surface area contributed by atoms with Crippen LogP contribution in [0.25, 0.3) is 0 Å². The first-order chi connectivity index (χ1) is 9.39. The second-order valence-electron chi connectivity index (χ2n) is 5.93. The molecule has 0 spiro atoms. The molecule has 0 bridgehead atoms. The molecule has 5 heteroatoms. The van der Waals surface area contributed by atoms with Gasteiger partial charge in [-0.2, -0.15) is 0 Å². The highest BCUT2D eigenvalue weighted by atomic mass is 16.6. The lowest BCUT2D eigenvalue weighted by molar-refractivity contribution is 0.0636. The summed E-state index contributed by atoms with van der Waals surface area (Å²) in [5.41, 5.74) is 2.52. The van der Waals surface area contributed by atoms with Crippen LogP contribution in [0.5, 0.6) is 0 Å². The summed E-state index contributed by atoms with van der Waals surface area (Å²) in [6.07, 6.45) is 0.520. The summed E-state index contributed by atoms with van der Waals surface area (Å²) < 4.78 is 5.23. The highest BCUT2D eigenvalue weighted by Gasteiger charge is 2.20. The van der Waals surface area contributed by atoms with E-state index >= 15 is 0 Å². The second kappa shape index (κ2) is 5.71. The normalized spacial score (nSPS) is 14.1. The molecule has 1 aromatic carbocycles. The topological polar surface area (TPSA) is 61.8 Å². The van der Waals surface area contributed by atoms with E-state index in [0.29, 0.717) is 12.2 Å². The van der Waals surface area contributed by atoms with Gasteiger partial charge in [0.1, 0.15) is 5.60 Å². The Morgan fingerprint density at radius 3 is 2.85 bits per heavy atom. The fourth-order valence-corrected chi connectivity index (χ4v) is 2.30. The Morgan fingerprint density at radius 2 is 2.20 bits per heavy atom. The summed E-state index contributed by atoms with van der Waals surface area (Å²) in [6, 6.07) is 5.83. The van der Waals surface area contributed by atoms with Gasteiger partial charge in [-0.1, -0.05) is 6.07 Å². The van der Waals surface area contributed by atoms with Crippen LogP contribution in [0.3, 0.4) is 0 Å². The lowest BCUT2D eigenvalue weighted by Gasteiger charge is -2.21.